The number of aliphatic hydroxyl groups is 1. The van der Waals surface area contributed by atoms with E-state index in [9.17, 15) is 9.50 Å². The zero-order valence-electron chi connectivity index (χ0n) is 8.23. The Hall–Kier alpha value is -0.970. The molecular weight excluding hydrogens is 249 g/mol. The first kappa shape index (κ1) is 11.5. The summed E-state index contributed by atoms with van der Waals surface area (Å²) in [6, 6.07) is 4.16. The molecule has 0 saturated heterocycles. The van der Waals surface area contributed by atoms with Gasteiger partial charge in [0.05, 0.1) is 11.6 Å². The maximum absolute atomic E-state index is 13.4. The first-order valence-corrected chi connectivity index (χ1v) is 5.93. The largest absolute Gasteiger partial charge is 0.388 e. The molecule has 1 unspecified atom stereocenters. The molecule has 1 N–H and O–H groups in total. The fraction of sp³-hybridized carbons (Fsp3) is 0.182. The van der Waals surface area contributed by atoms with E-state index in [-0.39, 0.29) is 5.56 Å². The molecule has 0 aliphatic carbocycles. The molecule has 16 heavy (non-hydrogen) atoms. The van der Waals surface area contributed by atoms with Gasteiger partial charge in [0.25, 0.3) is 0 Å². The van der Waals surface area contributed by atoms with Crippen molar-refractivity contribution in [2.24, 2.45) is 0 Å². The van der Waals surface area contributed by atoms with Gasteiger partial charge >= 0.3 is 0 Å². The van der Waals surface area contributed by atoms with E-state index in [0.29, 0.717) is 11.4 Å². The van der Waals surface area contributed by atoms with Gasteiger partial charge in [-0.2, -0.15) is 0 Å². The summed E-state index contributed by atoms with van der Waals surface area (Å²) in [4.78, 5) is 4.81. The summed E-state index contributed by atoms with van der Waals surface area (Å²) in [5.41, 5.74) is 1.90. The number of aromatic nitrogens is 1. The number of rotatable bonds is 3. The summed E-state index contributed by atoms with van der Waals surface area (Å²) in [7, 11) is 0. The molecule has 1 aromatic heterocycles. The molecule has 2 nitrogen and oxygen atoms in total. The van der Waals surface area contributed by atoms with Crippen LogP contribution < -0.4 is 0 Å². The van der Waals surface area contributed by atoms with Gasteiger partial charge in [-0.1, -0.05) is 11.6 Å². The Morgan fingerprint density at radius 1 is 1.50 bits per heavy atom. The van der Waals surface area contributed by atoms with Crippen molar-refractivity contribution in [3.05, 3.63) is 51.2 Å². The van der Waals surface area contributed by atoms with Crippen LogP contribution in [-0.4, -0.2) is 10.1 Å². The predicted octanol–water partition coefficient (Wildman–Crippen LogP) is 3.21. The number of thiazole rings is 1. The molecule has 1 atom stereocenters. The van der Waals surface area contributed by atoms with Crippen LogP contribution >= 0.6 is 22.9 Å². The van der Waals surface area contributed by atoms with E-state index in [1.54, 1.807) is 11.7 Å². The SMILES string of the molecule is OC(Cc1cncs1)c1cc(Cl)ccc1F. The molecule has 1 aromatic carbocycles. The Kier molecular flexibility index (Phi) is 3.53. The minimum absolute atomic E-state index is 0.223. The summed E-state index contributed by atoms with van der Waals surface area (Å²) in [6.45, 7) is 0. The van der Waals surface area contributed by atoms with Gasteiger partial charge in [-0.05, 0) is 18.2 Å². The molecule has 0 bridgehead atoms. The van der Waals surface area contributed by atoms with Crippen LogP contribution in [0.4, 0.5) is 4.39 Å². The van der Waals surface area contributed by atoms with Gasteiger partial charge in [0.2, 0.25) is 0 Å². The van der Waals surface area contributed by atoms with Gasteiger partial charge in [-0.15, -0.1) is 11.3 Å². The molecule has 2 rings (SSSR count). The fourth-order valence-corrected chi connectivity index (χ4v) is 2.23. The molecule has 5 heteroatoms. The van der Waals surface area contributed by atoms with E-state index in [2.05, 4.69) is 4.98 Å². The smallest absolute Gasteiger partial charge is 0.129 e. The van der Waals surface area contributed by atoms with Crippen LogP contribution in [0.25, 0.3) is 0 Å². The topological polar surface area (TPSA) is 33.1 Å². The highest BCUT2D eigenvalue weighted by Gasteiger charge is 2.14. The van der Waals surface area contributed by atoms with Crippen molar-refractivity contribution in [1.82, 2.24) is 4.98 Å². The zero-order valence-corrected chi connectivity index (χ0v) is 9.80. The van der Waals surface area contributed by atoms with Crippen LogP contribution in [-0.2, 0) is 6.42 Å². The first-order valence-electron chi connectivity index (χ1n) is 4.67. The normalized spacial score (nSPS) is 12.7. The highest BCUT2D eigenvalue weighted by molar-refractivity contribution is 7.09. The van der Waals surface area contributed by atoms with Crippen LogP contribution in [0.15, 0.2) is 29.9 Å². The quantitative estimate of drug-likeness (QED) is 0.916. The van der Waals surface area contributed by atoms with E-state index in [1.165, 1.54) is 29.5 Å². The van der Waals surface area contributed by atoms with Gasteiger partial charge in [-0.3, -0.25) is 4.98 Å². The van der Waals surface area contributed by atoms with E-state index in [0.717, 1.165) is 4.88 Å². The minimum atomic E-state index is -0.890. The Morgan fingerprint density at radius 3 is 3.00 bits per heavy atom. The van der Waals surface area contributed by atoms with Crippen molar-refractivity contribution >= 4 is 22.9 Å². The van der Waals surface area contributed by atoms with Crippen molar-refractivity contribution in [3.8, 4) is 0 Å². The maximum atomic E-state index is 13.4. The van der Waals surface area contributed by atoms with Crippen molar-refractivity contribution < 1.29 is 9.50 Å². The standard InChI is InChI=1S/C11H9ClFNOS/c12-7-1-2-10(13)9(3-7)11(15)4-8-5-14-6-16-8/h1-3,5-6,11,15H,4H2. The van der Waals surface area contributed by atoms with Gasteiger partial charge in [-0.25, -0.2) is 4.39 Å². The van der Waals surface area contributed by atoms with Crippen LogP contribution in [0.5, 0.6) is 0 Å². The van der Waals surface area contributed by atoms with Gasteiger partial charge < -0.3 is 5.11 Å². The van der Waals surface area contributed by atoms with Crippen LogP contribution in [0.1, 0.15) is 16.5 Å². The maximum Gasteiger partial charge on any atom is 0.129 e. The highest BCUT2D eigenvalue weighted by Crippen LogP contribution is 2.25. The first-order chi connectivity index (χ1) is 7.66. The van der Waals surface area contributed by atoms with Crippen molar-refractivity contribution in [3.63, 3.8) is 0 Å². The van der Waals surface area contributed by atoms with Crippen molar-refractivity contribution in [2.75, 3.05) is 0 Å². The minimum Gasteiger partial charge on any atom is -0.388 e. The second-order valence-corrected chi connectivity index (χ2v) is 4.76. The summed E-state index contributed by atoms with van der Waals surface area (Å²) in [5, 5.41) is 10.3. The molecule has 2 aromatic rings. The van der Waals surface area contributed by atoms with E-state index < -0.39 is 11.9 Å². The second kappa shape index (κ2) is 4.91. The summed E-state index contributed by atoms with van der Waals surface area (Å²) in [6.07, 6.45) is 1.12. The van der Waals surface area contributed by atoms with E-state index in [1.807, 2.05) is 0 Å². The number of aliphatic hydroxyl groups excluding tert-OH is 1. The van der Waals surface area contributed by atoms with Crippen LogP contribution in [0, 0.1) is 5.82 Å². The molecular formula is C11H9ClFNOS. The number of hydrogen-bond acceptors (Lipinski definition) is 3. The summed E-state index contributed by atoms with van der Waals surface area (Å²) >= 11 is 7.18. The lowest BCUT2D eigenvalue weighted by Crippen LogP contribution is -2.03. The number of halogens is 2. The highest BCUT2D eigenvalue weighted by atomic mass is 35.5. The van der Waals surface area contributed by atoms with Crippen molar-refractivity contribution in [2.45, 2.75) is 12.5 Å². The fourth-order valence-electron chi connectivity index (χ4n) is 1.41. The lowest BCUT2D eigenvalue weighted by molar-refractivity contribution is 0.174. The van der Waals surface area contributed by atoms with E-state index in [4.69, 9.17) is 11.6 Å². The lowest BCUT2D eigenvalue weighted by atomic mass is 10.1. The molecule has 1 heterocycles. The van der Waals surface area contributed by atoms with Gasteiger partial charge in [0.15, 0.2) is 0 Å². The van der Waals surface area contributed by atoms with Crippen LogP contribution in [0.2, 0.25) is 5.02 Å². The third-order valence-electron chi connectivity index (χ3n) is 2.20. The third-order valence-corrected chi connectivity index (χ3v) is 3.23. The molecule has 84 valence electrons. The molecule has 0 aliphatic heterocycles. The predicted molar refractivity (Wildman–Crippen MR) is 62.2 cm³/mol. The Bertz CT molecular complexity index is 475. The molecule has 0 amide bonds. The summed E-state index contributed by atoms with van der Waals surface area (Å²) < 4.78 is 13.4. The average molecular weight is 258 g/mol. The molecule has 0 radical (unpaired) electrons. The third kappa shape index (κ3) is 2.58. The summed E-state index contributed by atoms with van der Waals surface area (Å²) in [5.74, 6) is -0.443. The lowest BCUT2D eigenvalue weighted by Gasteiger charge is -2.10. The monoisotopic (exact) mass is 257 g/mol. The molecule has 0 aliphatic rings. The second-order valence-electron chi connectivity index (χ2n) is 3.35. The Balaban J connectivity index is 2.20. The Labute approximate surface area is 101 Å². The number of hydrogen-bond donors (Lipinski definition) is 1. The molecule has 0 fully saturated rings. The Morgan fingerprint density at radius 2 is 2.31 bits per heavy atom. The zero-order chi connectivity index (χ0) is 11.5. The molecule has 0 spiro atoms. The van der Waals surface area contributed by atoms with Gasteiger partial charge in [0.1, 0.15) is 5.82 Å². The average Bonchev–Trinajstić information content (AvgIpc) is 2.74. The van der Waals surface area contributed by atoms with Gasteiger partial charge in [0, 0.05) is 28.1 Å². The molecule has 0 saturated carbocycles. The van der Waals surface area contributed by atoms with Crippen LogP contribution in [0.3, 0.4) is 0 Å². The number of benzene rings is 1. The number of nitrogens with zero attached hydrogens (tertiary/aromatic N) is 1. The van der Waals surface area contributed by atoms with Crippen molar-refractivity contribution in [1.29, 1.82) is 0 Å². The van der Waals surface area contributed by atoms with E-state index >= 15 is 0 Å².